The summed E-state index contributed by atoms with van der Waals surface area (Å²) in [5.41, 5.74) is 0.181. The Labute approximate surface area is 86.5 Å². The van der Waals surface area contributed by atoms with E-state index in [1.807, 2.05) is 23.1 Å². The monoisotopic (exact) mass is 195 g/mol. The van der Waals surface area contributed by atoms with Gasteiger partial charge in [-0.15, -0.1) is 0 Å². The molecule has 0 aliphatic carbocycles. The fraction of sp³-hybridized carbons (Fsp3) is 0.727. The summed E-state index contributed by atoms with van der Waals surface area (Å²) < 4.78 is 2.03. The van der Waals surface area contributed by atoms with Crippen molar-refractivity contribution in [1.29, 1.82) is 0 Å². The number of nitrogens with zero attached hydrogens (tertiary/aromatic N) is 2. The normalized spacial score (nSPS) is 14.3. The van der Waals surface area contributed by atoms with Gasteiger partial charge in [-0.25, -0.2) is 0 Å². The second-order valence-corrected chi connectivity index (χ2v) is 4.68. The minimum Gasteiger partial charge on any atom is -0.310 e. The quantitative estimate of drug-likeness (QED) is 0.798. The highest BCUT2D eigenvalue weighted by atomic mass is 15.3. The van der Waals surface area contributed by atoms with Crippen molar-refractivity contribution in [3.63, 3.8) is 0 Å². The molecule has 1 unspecified atom stereocenters. The second kappa shape index (κ2) is 4.60. The van der Waals surface area contributed by atoms with Crippen molar-refractivity contribution in [2.75, 3.05) is 6.54 Å². The van der Waals surface area contributed by atoms with E-state index >= 15 is 0 Å². The Hall–Kier alpha value is -0.830. The van der Waals surface area contributed by atoms with Crippen LogP contribution in [0.25, 0.3) is 0 Å². The molecule has 0 aliphatic heterocycles. The highest BCUT2D eigenvalue weighted by molar-refractivity contribution is 4.83. The third kappa shape index (κ3) is 3.50. The molecule has 80 valence electrons. The summed E-state index contributed by atoms with van der Waals surface area (Å²) in [5.74, 6) is 0. The van der Waals surface area contributed by atoms with Gasteiger partial charge in [-0.05, 0) is 33.3 Å². The van der Waals surface area contributed by atoms with Crippen LogP contribution in [0.5, 0.6) is 0 Å². The van der Waals surface area contributed by atoms with E-state index in [1.165, 1.54) is 0 Å². The van der Waals surface area contributed by atoms with E-state index < -0.39 is 0 Å². The fourth-order valence-electron chi connectivity index (χ4n) is 1.35. The van der Waals surface area contributed by atoms with Crippen LogP contribution in [0, 0.1) is 0 Å². The molecule has 0 fully saturated rings. The molecule has 1 aromatic heterocycles. The van der Waals surface area contributed by atoms with Gasteiger partial charge < -0.3 is 5.32 Å². The molecule has 0 aromatic carbocycles. The Balaban J connectivity index is 2.49. The van der Waals surface area contributed by atoms with Gasteiger partial charge in [0.25, 0.3) is 0 Å². The second-order valence-electron chi connectivity index (χ2n) is 4.68. The molecule has 0 radical (unpaired) electrons. The lowest BCUT2D eigenvalue weighted by Crippen LogP contribution is -2.39. The van der Waals surface area contributed by atoms with Crippen molar-refractivity contribution >= 4 is 0 Å². The van der Waals surface area contributed by atoms with Gasteiger partial charge in [-0.2, -0.15) is 5.10 Å². The first-order valence-corrected chi connectivity index (χ1v) is 5.27. The van der Waals surface area contributed by atoms with Crippen molar-refractivity contribution in [3.8, 4) is 0 Å². The highest BCUT2D eigenvalue weighted by Crippen LogP contribution is 2.10. The van der Waals surface area contributed by atoms with Gasteiger partial charge in [-0.1, -0.05) is 6.92 Å². The number of rotatable bonds is 4. The van der Waals surface area contributed by atoms with Gasteiger partial charge in [0.1, 0.15) is 0 Å². The van der Waals surface area contributed by atoms with Crippen LogP contribution in [0.2, 0.25) is 0 Å². The van der Waals surface area contributed by atoms with Crippen LogP contribution in [0.4, 0.5) is 0 Å². The van der Waals surface area contributed by atoms with E-state index in [4.69, 9.17) is 0 Å². The van der Waals surface area contributed by atoms with E-state index in [9.17, 15) is 0 Å². The zero-order valence-corrected chi connectivity index (χ0v) is 9.62. The van der Waals surface area contributed by atoms with Gasteiger partial charge in [0.05, 0.1) is 6.04 Å². The predicted octanol–water partition coefficient (Wildman–Crippen LogP) is 2.22. The Morgan fingerprint density at radius 3 is 2.57 bits per heavy atom. The fourth-order valence-corrected chi connectivity index (χ4v) is 1.35. The molecular formula is C11H21N3. The van der Waals surface area contributed by atoms with Gasteiger partial charge in [0, 0.05) is 24.5 Å². The Morgan fingerprint density at radius 2 is 2.14 bits per heavy atom. The summed E-state index contributed by atoms with van der Waals surface area (Å²) >= 11 is 0. The molecule has 0 aliphatic rings. The number of hydrogen-bond acceptors (Lipinski definition) is 2. The van der Waals surface area contributed by atoms with E-state index in [-0.39, 0.29) is 5.54 Å². The van der Waals surface area contributed by atoms with E-state index in [2.05, 4.69) is 38.1 Å². The molecule has 0 saturated carbocycles. The van der Waals surface area contributed by atoms with Crippen LogP contribution < -0.4 is 5.32 Å². The van der Waals surface area contributed by atoms with Crippen molar-refractivity contribution in [1.82, 2.24) is 15.1 Å². The van der Waals surface area contributed by atoms with Crippen LogP contribution in [-0.4, -0.2) is 21.9 Å². The maximum Gasteiger partial charge on any atom is 0.0641 e. The zero-order valence-electron chi connectivity index (χ0n) is 9.62. The third-order valence-corrected chi connectivity index (χ3v) is 2.24. The largest absolute Gasteiger partial charge is 0.310 e. The lowest BCUT2D eigenvalue weighted by molar-refractivity contribution is 0.345. The number of hydrogen-bond donors (Lipinski definition) is 1. The Bertz CT molecular complexity index is 246. The zero-order chi connectivity index (χ0) is 10.6. The average Bonchev–Trinajstić information content (AvgIpc) is 2.56. The lowest BCUT2D eigenvalue weighted by Gasteiger charge is -2.24. The molecule has 0 bridgehead atoms. The maximum absolute atomic E-state index is 4.26. The van der Waals surface area contributed by atoms with Crippen molar-refractivity contribution in [2.45, 2.75) is 45.7 Å². The summed E-state index contributed by atoms with van der Waals surface area (Å²) in [6, 6.07) is 2.43. The SMILES string of the molecule is CCC(CNC(C)(C)C)n1cccn1. The van der Waals surface area contributed by atoms with Crippen molar-refractivity contribution < 1.29 is 0 Å². The van der Waals surface area contributed by atoms with Crippen LogP contribution in [0.3, 0.4) is 0 Å². The van der Waals surface area contributed by atoms with Gasteiger partial charge >= 0.3 is 0 Å². The Kier molecular flexibility index (Phi) is 3.69. The number of nitrogens with one attached hydrogen (secondary N) is 1. The van der Waals surface area contributed by atoms with Crippen LogP contribution >= 0.6 is 0 Å². The summed E-state index contributed by atoms with van der Waals surface area (Å²) in [4.78, 5) is 0. The predicted molar refractivity (Wildman–Crippen MR) is 59.3 cm³/mol. The Morgan fingerprint density at radius 1 is 1.43 bits per heavy atom. The first-order chi connectivity index (χ1) is 6.53. The van der Waals surface area contributed by atoms with Crippen LogP contribution in [-0.2, 0) is 0 Å². The molecule has 3 heteroatoms. The van der Waals surface area contributed by atoms with E-state index in [0.717, 1.165) is 13.0 Å². The highest BCUT2D eigenvalue weighted by Gasteiger charge is 2.13. The summed E-state index contributed by atoms with van der Waals surface area (Å²) in [6.45, 7) is 9.72. The molecule has 1 atom stereocenters. The molecule has 1 N–H and O–H groups in total. The molecule has 3 nitrogen and oxygen atoms in total. The van der Waals surface area contributed by atoms with Gasteiger partial charge in [0.2, 0.25) is 0 Å². The molecular weight excluding hydrogens is 174 g/mol. The average molecular weight is 195 g/mol. The summed E-state index contributed by atoms with van der Waals surface area (Å²) in [6.07, 6.45) is 4.96. The minimum atomic E-state index is 0.181. The number of aromatic nitrogens is 2. The minimum absolute atomic E-state index is 0.181. The lowest BCUT2D eigenvalue weighted by atomic mass is 10.1. The third-order valence-electron chi connectivity index (χ3n) is 2.24. The van der Waals surface area contributed by atoms with Crippen LogP contribution in [0.1, 0.15) is 40.2 Å². The topological polar surface area (TPSA) is 29.9 Å². The van der Waals surface area contributed by atoms with Gasteiger partial charge in [0.15, 0.2) is 0 Å². The first-order valence-electron chi connectivity index (χ1n) is 5.27. The summed E-state index contributed by atoms with van der Waals surface area (Å²) in [5, 5.41) is 7.77. The first kappa shape index (κ1) is 11.2. The van der Waals surface area contributed by atoms with Crippen LogP contribution in [0.15, 0.2) is 18.5 Å². The molecule has 0 saturated heterocycles. The molecule has 0 spiro atoms. The van der Waals surface area contributed by atoms with E-state index in [1.54, 1.807) is 0 Å². The van der Waals surface area contributed by atoms with Gasteiger partial charge in [-0.3, -0.25) is 4.68 Å². The molecule has 0 amide bonds. The molecule has 1 aromatic rings. The van der Waals surface area contributed by atoms with Crippen molar-refractivity contribution in [3.05, 3.63) is 18.5 Å². The molecule has 1 rings (SSSR count). The maximum atomic E-state index is 4.26. The molecule has 14 heavy (non-hydrogen) atoms. The smallest absolute Gasteiger partial charge is 0.0641 e. The van der Waals surface area contributed by atoms with E-state index in [0.29, 0.717) is 6.04 Å². The molecule has 1 heterocycles. The summed E-state index contributed by atoms with van der Waals surface area (Å²) in [7, 11) is 0. The van der Waals surface area contributed by atoms with Crippen molar-refractivity contribution in [2.24, 2.45) is 0 Å². The standard InChI is InChI=1S/C11H21N3/c1-5-10(9-12-11(2,3)4)14-8-6-7-13-14/h6-8,10,12H,5,9H2,1-4H3.